The van der Waals surface area contributed by atoms with Gasteiger partial charge in [-0.1, -0.05) is 0 Å². The molecule has 0 aromatic rings. The van der Waals surface area contributed by atoms with E-state index in [9.17, 15) is 4.79 Å². The molecule has 0 aliphatic carbocycles. The number of nitrogens with one attached hydrogen (secondary N) is 1. The lowest BCUT2D eigenvalue weighted by Gasteiger charge is -2.37. The van der Waals surface area contributed by atoms with Crippen molar-refractivity contribution in [2.75, 3.05) is 58.9 Å². The summed E-state index contributed by atoms with van der Waals surface area (Å²) in [5, 5.41) is 3.39. The molecule has 1 amide bonds. The molecule has 0 atom stereocenters. The van der Waals surface area contributed by atoms with Crippen molar-refractivity contribution in [1.82, 2.24) is 20.0 Å². The molecule has 1 N–H and O–H groups in total. The highest BCUT2D eigenvalue weighted by atomic mass is 16.2. The van der Waals surface area contributed by atoms with E-state index in [4.69, 9.17) is 0 Å². The molecule has 0 radical (unpaired) electrons. The van der Waals surface area contributed by atoms with E-state index in [-0.39, 0.29) is 0 Å². The zero-order chi connectivity index (χ0) is 14.5. The Morgan fingerprint density at radius 1 is 0.905 bits per heavy atom. The Kier molecular flexibility index (Phi) is 5.49. The van der Waals surface area contributed by atoms with Crippen LogP contribution in [0.1, 0.15) is 32.1 Å². The fourth-order valence-corrected chi connectivity index (χ4v) is 3.94. The van der Waals surface area contributed by atoms with Crippen LogP contribution >= 0.6 is 0 Å². The van der Waals surface area contributed by atoms with Crippen LogP contribution in [0.25, 0.3) is 0 Å². The topological polar surface area (TPSA) is 38.8 Å². The van der Waals surface area contributed by atoms with Crippen LogP contribution in [0.5, 0.6) is 0 Å². The first-order valence-electron chi connectivity index (χ1n) is 8.78. The molecular weight excluding hydrogens is 264 g/mol. The average Bonchev–Trinajstić information content (AvgIpc) is 2.93. The van der Waals surface area contributed by atoms with Crippen LogP contribution in [0.4, 0.5) is 0 Å². The number of rotatable bonds is 3. The lowest BCUT2D eigenvalue weighted by molar-refractivity contribution is -0.133. The quantitative estimate of drug-likeness (QED) is 0.816. The third-order valence-corrected chi connectivity index (χ3v) is 5.27. The van der Waals surface area contributed by atoms with E-state index in [1.165, 1.54) is 38.8 Å². The molecule has 0 spiro atoms. The number of amides is 1. The van der Waals surface area contributed by atoms with Crippen LogP contribution in [-0.4, -0.2) is 85.6 Å². The zero-order valence-electron chi connectivity index (χ0n) is 13.2. The van der Waals surface area contributed by atoms with Crippen molar-refractivity contribution in [1.29, 1.82) is 0 Å². The van der Waals surface area contributed by atoms with Gasteiger partial charge in [0.2, 0.25) is 5.91 Å². The summed E-state index contributed by atoms with van der Waals surface area (Å²) in [4.78, 5) is 19.5. The molecule has 3 rings (SSSR count). The van der Waals surface area contributed by atoms with Gasteiger partial charge in [0.15, 0.2) is 0 Å². The normalized spacial score (nSPS) is 27.0. The van der Waals surface area contributed by atoms with Crippen molar-refractivity contribution in [2.24, 2.45) is 0 Å². The molecule has 21 heavy (non-hydrogen) atoms. The Hall–Kier alpha value is -0.650. The fourth-order valence-electron chi connectivity index (χ4n) is 3.94. The standard InChI is InChI=1S/C16H30N4O/c21-16(14-18-8-3-6-17-7-13-18)20-11-4-15(5-12-20)19-9-1-2-10-19/h15,17H,1-14H2. The van der Waals surface area contributed by atoms with Crippen molar-refractivity contribution in [3.63, 3.8) is 0 Å². The second-order valence-corrected chi connectivity index (χ2v) is 6.73. The van der Waals surface area contributed by atoms with Crippen molar-refractivity contribution < 1.29 is 4.79 Å². The highest BCUT2D eigenvalue weighted by Crippen LogP contribution is 2.21. The monoisotopic (exact) mass is 294 g/mol. The van der Waals surface area contributed by atoms with E-state index in [0.29, 0.717) is 12.5 Å². The van der Waals surface area contributed by atoms with Gasteiger partial charge in [-0.3, -0.25) is 9.69 Å². The number of carbonyl (C=O) groups excluding carboxylic acids is 1. The van der Waals surface area contributed by atoms with Crippen LogP contribution < -0.4 is 5.32 Å². The second-order valence-electron chi connectivity index (χ2n) is 6.73. The molecule has 0 aromatic heterocycles. The molecule has 0 unspecified atom stereocenters. The fraction of sp³-hybridized carbons (Fsp3) is 0.938. The number of likely N-dealkylation sites (tertiary alicyclic amines) is 2. The molecule has 5 nitrogen and oxygen atoms in total. The van der Waals surface area contributed by atoms with Gasteiger partial charge in [-0.05, 0) is 58.3 Å². The smallest absolute Gasteiger partial charge is 0.236 e. The van der Waals surface area contributed by atoms with Crippen LogP contribution in [-0.2, 0) is 4.79 Å². The van der Waals surface area contributed by atoms with Crippen molar-refractivity contribution in [2.45, 2.75) is 38.1 Å². The van der Waals surface area contributed by atoms with Crippen LogP contribution in [0.2, 0.25) is 0 Å². The lowest BCUT2D eigenvalue weighted by atomic mass is 10.0. The molecule has 0 saturated carbocycles. The van der Waals surface area contributed by atoms with E-state index in [0.717, 1.165) is 51.7 Å². The first kappa shape index (κ1) is 15.3. The minimum Gasteiger partial charge on any atom is -0.341 e. The van der Waals surface area contributed by atoms with E-state index in [2.05, 4.69) is 20.0 Å². The van der Waals surface area contributed by atoms with E-state index >= 15 is 0 Å². The third kappa shape index (κ3) is 4.18. The second kappa shape index (κ2) is 7.56. The minimum absolute atomic E-state index is 0.344. The number of carbonyl (C=O) groups is 1. The van der Waals surface area contributed by atoms with Gasteiger partial charge in [-0.15, -0.1) is 0 Å². The molecule has 3 aliphatic heterocycles. The summed E-state index contributed by atoms with van der Waals surface area (Å²) in [6.07, 6.45) is 6.23. The average molecular weight is 294 g/mol. The van der Waals surface area contributed by atoms with Gasteiger partial charge in [-0.25, -0.2) is 0 Å². The molecule has 3 aliphatic rings. The molecule has 0 aromatic carbocycles. The highest BCUT2D eigenvalue weighted by molar-refractivity contribution is 5.78. The maximum atomic E-state index is 12.5. The Morgan fingerprint density at radius 2 is 1.67 bits per heavy atom. The third-order valence-electron chi connectivity index (χ3n) is 5.27. The maximum Gasteiger partial charge on any atom is 0.236 e. The van der Waals surface area contributed by atoms with Gasteiger partial charge in [0.1, 0.15) is 0 Å². The summed E-state index contributed by atoms with van der Waals surface area (Å²) < 4.78 is 0. The van der Waals surface area contributed by atoms with Gasteiger partial charge in [-0.2, -0.15) is 0 Å². The van der Waals surface area contributed by atoms with E-state index in [1.54, 1.807) is 0 Å². The first-order chi connectivity index (χ1) is 10.3. The summed E-state index contributed by atoms with van der Waals surface area (Å²) in [6.45, 7) is 9.28. The lowest BCUT2D eigenvalue weighted by Crippen LogP contribution is -2.48. The Bertz CT molecular complexity index is 327. The summed E-state index contributed by atoms with van der Waals surface area (Å²) in [5.74, 6) is 0.344. The summed E-state index contributed by atoms with van der Waals surface area (Å²) in [7, 11) is 0. The van der Waals surface area contributed by atoms with E-state index in [1.807, 2.05) is 0 Å². The predicted octanol–water partition coefficient (Wildman–Crippen LogP) is 0.369. The SMILES string of the molecule is O=C(CN1CCCNCC1)N1CCC(N2CCCC2)CC1. The van der Waals surface area contributed by atoms with Gasteiger partial charge >= 0.3 is 0 Å². The van der Waals surface area contributed by atoms with Gasteiger partial charge in [0.05, 0.1) is 6.54 Å². The molecular formula is C16H30N4O. The number of hydrogen-bond donors (Lipinski definition) is 1. The summed E-state index contributed by atoms with van der Waals surface area (Å²) in [5.41, 5.74) is 0. The molecule has 120 valence electrons. The van der Waals surface area contributed by atoms with E-state index < -0.39 is 0 Å². The Balaban J connectivity index is 1.41. The van der Waals surface area contributed by atoms with Crippen molar-refractivity contribution in [3.05, 3.63) is 0 Å². The predicted molar refractivity (Wildman–Crippen MR) is 84.3 cm³/mol. The van der Waals surface area contributed by atoms with Crippen molar-refractivity contribution >= 4 is 5.91 Å². The molecule has 5 heteroatoms. The molecule has 3 fully saturated rings. The summed E-state index contributed by atoms with van der Waals surface area (Å²) >= 11 is 0. The van der Waals surface area contributed by atoms with Crippen LogP contribution in [0.3, 0.4) is 0 Å². The maximum absolute atomic E-state index is 12.5. The molecule has 3 saturated heterocycles. The number of piperidine rings is 1. The number of nitrogens with zero attached hydrogens (tertiary/aromatic N) is 3. The van der Waals surface area contributed by atoms with Crippen LogP contribution in [0.15, 0.2) is 0 Å². The Morgan fingerprint density at radius 3 is 2.43 bits per heavy atom. The Labute approximate surface area is 128 Å². The highest BCUT2D eigenvalue weighted by Gasteiger charge is 2.28. The van der Waals surface area contributed by atoms with Gasteiger partial charge in [0.25, 0.3) is 0 Å². The van der Waals surface area contributed by atoms with Gasteiger partial charge < -0.3 is 15.1 Å². The first-order valence-corrected chi connectivity index (χ1v) is 8.78. The molecule has 0 bridgehead atoms. The largest absolute Gasteiger partial charge is 0.341 e. The summed E-state index contributed by atoms with van der Waals surface area (Å²) in [6, 6.07) is 0.735. The minimum atomic E-state index is 0.344. The van der Waals surface area contributed by atoms with Crippen LogP contribution in [0, 0.1) is 0 Å². The molecule has 3 heterocycles. The number of hydrogen-bond acceptors (Lipinski definition) is 4. The van der Waals surface area contributed by atoms with Crippen molar-refractivity contribution in [3.8, 4) is 0 Å². The zero-order valence-corrected chi connectivity index (χ0v) is 13.2. The van der Waals surface area contributed by atoms with Gasteiger partial charge in [0, 0.05) is 32.2 Å².